The standard InChI is InChI=1S/C25H35N7O5S/c1-4-30-9-11-31(12-10-30)38(34,35)18-15-19(25(26-16-18)37-14-13-36-3)23-27-20-21(24(33)28-23)29-32-8-6-5-7-17(2)22(20)32/h15-17H,4-14H2,1-3H3,(H,27,28,33). The minimum absolute atomic E-state index is 0.0292. The van der Waals surface area contributed by atoms with Crippen molar-refractivity contribution in [3.63, 3.8) is 0 Å². The van der Waals surface area contributed by atoms with E-state index in [2.05, 4.69) is 33.8 Å². The van der Waals surface area contributed by atoms with Gasteiger partial charge in [-0.15, -0.1) is 0 Å². The molecule has 13 heteroatoms. The summed E-state index contributed by atoms with van der Waals surface area (Å²) >= 11 is 0. The van der Waals surface area contributed by atoms with Gasteiger partial charge in [-0.3, -0.25) is 9.48 Å². The van der Waals surface area contributed by atoms with E-state index in [-0.39, 0.29) is 40.2 Å². The summed E-state index contributed by atoms with van der Waals surface area (Å²) in [6.45, 7) is 8.46. The zero-order valence-corrected chi connectivity index (χ0v) is 23.0. The Morgan fingerprint density at radius 2 is 1.89 bits per heavy atom. The number of sulfonamides is 1. The van der Waals surface area contributed by atoms with Gasteiger partial charge < -0.3 is 19.4 Å². The van der Waals surface area contributed by atoms with Crippen molar-refractivity contribution in [2.45, 2.75) is 50.5 Å². The molecule has 38 heavy (non-hydrogen) atoms. The highest BCUT2D eigenvalue weighted by atomic mass is 32.2. The number of rotatable bonds is 8. The highest BCUT2D eigenvalue weighted by molar-refractivity contribution is 7.89. The molecule has 12 nitrogen and oxygen atoms in total. The predicted octanol–water partition coefficient (Wildman–Crippen LogP) is 1.82. The number of hydrogen-bond donors (Lipinski definition) is 1. The summed E-state index contributed by atoms with van der Waals surface area (Å²) in [7, 11) is -2.25. The van der Waals surface area contributed by atoms with Crippen LogP contribution < -0.4 is 10.3 Å². The van der Waals surface area contributed by atoms with Gasteiger partial charge in [0.25, 0.3) is 5.56 Å². The van der Waals surface area contributed by atoms with E-state index < -0.39 is 10.0 Å². The number of methoxy groups -OCH3 is 1. The lowest BCUT2D eigenvalue weighted by Gasteiger charge is -2.33. The number of aromatic amines is 1. The Kier molecular flexibility index (Phi) is 7.80. The van der Waals surface area contributed by atoms with Crippen LogP contribution in [0.2, 0.25) is 0 Å². The molecule has 0 bridgehead atoms. The van der Waals surface area contributed by atoms with Gasteiger partial charge in [0.05, 0.1) is 24.1 Å². The molecule has 206 valence electrons. The molecular weight excluding hydrogens is 510 g/mol. The molecule has 1 fully saturated rings. The molecule has 0 saturated carbocycles. The van der Waals surface area contributed by atoms with Crippen LogP contribution in [0.1, 0.15) is 44.7 Å². The maximum absolute atomic E-state index is 13.5. The van der Waals surface area contributed by atoms with Gasteiger partial charge in [0.2, 0.25) is 15.9 Å². The lowest BCUT2D eigenvalue weighted by molar-refractivity contribution is 0.144. The molecule has 1 N–H and O–H groups in total. The minimum Gasteiger partial charge on any atom is -0.475 e. The third kappa shape index (κ3) is 5.07. The number of piperazine rings is 1. The number of fused-ring (bicyclic) bond motifs is 3. The van der Waals surface area contributed by atoms with Gasteiger partial charge in [-0.05, 0) is 25.5 Å². The number of H-pyrrole nitrogens is 1. The number of ether oxygens (including phenoxy) is 2. The summed E-state index contributed by atoms with van der Waals surface area (Å²) in [5.41, 5.74) is 1.66. The second-order valence-corrected chi connectivity index (χ2v) is 11.8. The van der Waals surface area contributed by atoms with Crippen LogP contribution in [0.25, 0.3) is 22.4 Å². The normalized spacial score (nSPS) is 19.4. The maximum atomic E-state index is 13.5. The van der Waals surface area contributed by atoms with Gasteiger partial charge in [0, 0.05) is 45.8 Å². The van der Waals surface area contributed by atoms with Gasteiger partial charge in [0.15, 0.2) is 5.52 Å². The van der Waals surface area contributed by atoms with Crippen LogP contribution in [0.5, 0.6) is 5.88 Å². The van der Waals surface area contributed by atoms with Crippen molar-refractivity contribution >= 4 is 21.1 Å². The fraction of sp³-hybridized carbons (Fsp3) is 0.600. The topological polar surface area (TPSA) is 136 Å². The van der Waals surface area contributed by atoms with Crippen molar-refractivity contribution in [2.75, 3.05) is 53.0 Å². The average molecular weight is 546 g/mol. The monoisotopic (exact) mass is 545 g/mol. The first-order valence-electron chi connectivity index (χ1n) is 13.2. The second-order valence-electron chi connectivity index (χ2n) is 9.82. The minimum atomic E-state index is -3.81. The molecule has 0 radical (unpaired) electrons. The van der Waals surface area contributed by atoms with Gasteiger partial charge in [-0.2, -0.15) is 9.40 Å². The molecule has 1 unspecified atom stereocenters. The third-order valence-electron chi connectivity index (χ3n) is 7.38. The van der Waals surface area contributed by atoms with E-state index in [1.165, 1.54) is 16.6 Å². The van der Waals surface area contributed by atoms with E-state index in [0.29, 0.717) is 43.9 Å². The molecule has 2 aliphatic heterocycles. The van der Waals surface area contributed by atoms with Crippen molar-refractivity contribution in [1.82, 2.24) is 33.9 Å². The second kappa shape index (κ2) is 11.1. The Bertz CT molecular complexity index is 1460. The number of likely N-dealkylation sites (N-methyl/N-ethyl adjacent to an activating group) is 1. The van der Waals surface area contributed by atoms with E-state index in [0.717, 1.165) is 38.0 Å². The Balaban J connectivity index is 1.60. The molecule has 5 heterocycles. The SMILES string of the molecule is CCN1CCN(S(=O)(=O)c2cnc(OCCOC)c(-c3nc4c5n(nc4c(=O)[nH]3)CCCCC5C)c2)CC1. The first-order chi connectivity index (χ1) is 18.3. The first-order valence-corrected chi connectivity index (χ1v) is 14.6. The predicted molar refractivity (Wildman–Crippen MR) is 142 cm³/mol. The molecule has 0 amide bonds. The van der Waals surface area contributed by atoms with Gasteiger partial charge in [0.1, 0.15) is 22.8 Å². The Morgan fingerprint density at radius 3 is 2.63 bits per heavy atom. The van der Waals surface area contributed by atoms with Crippen LogP contribution >= 0.6 is 0 Å². The van der Waals surface area contributed by atoms with Crippen LogP contribution in [0.4, 0.5) is 0 Å². The average Bonchev–Trinajstić information content (AvgIpc) is 3.20. The quantitative estimate of drug-likeness (QED) is 0.421. The van der Waals surface area contributed by atoms with Crippen LogP contribution in [0.3, 0.4) is 0 Å². The Labute approximate surface area is 222 Å². The van der Waals surface area contributed by atoms with Gasteiger partial charge >= 0.3 is 0 Å². The summed E-state index contributed by atoms with van der Waals surface area (Å²) in [5, 5.41) is 4.55. The zero-order valence-electron chi connectivity index (χ0n) is 22.1. The molecule has 1 saturated heterocycles. The zero-order chi connectivity index (χ0) is 26.9. The fourth-order valence-corrected chi connectivity index (χ4v) is 6.58. The molecule has 2 aliphatic rings. The van der Waals surface area contributed by atoms with Crippen molar-refractivity contribution in [3.8, 4) is 17.3 Å². The summed E-state index contributed by atoms with van der Waals surface area (Å²) in [6, 6.07) is 1.49. The van der Waals surface area contributed by atoms with Crippen molar-refractivity contribution < 1.29 is 17.9 Å². The molecule has 5 rings (SSSR count). The summed E-state index contributed by atoms with van der Waals surface area (Å²) in [4.78, 5) is 27.4. The molecular formula is C25H35N7O5S. The summed E-state index contributed by atoms with van der Waals surface area (Å²) in [5.74, 6) is 0.557. The lowest BCUT2D eigenvalue weighted by atomic mass is 10.0. The smallest absolute Gasteiger partial charge is 0.279 e. The maximum Gasteiger partial charge on any atom is 0.279 e. The molecule has 0 aliphatic carbocycles. The van der Waals surface area contributed by atoms with Crippen molar-refractivity contribution in [2.24, 2.45) is 0 Å². The van der Waals surface area contributed by atoms with Crippen LogP contribution in [0, 0.1) is 0 Å². The van der Waals surface area contributed by atoms with Crippen LogP contribution in [-0.4, -0.2) is 95.4 Å². The number of nitrogens with one attached hydrogen (secondary N) is 1. The Hall–Kier alpha value is -2.87. The highest BCUT2D eigenvalue weighted by Gasteiger charge is 2.30. The van der Waals surface area contributed by atoms with Crippen molar-refractivity contribution in [3.05, 3.63) is 28.3 Å². The first kappa shape index (κ1) is 26.7. The molecule has 1 atom stereocenters. The number of aromatic nitrogens is 5. The summed E-state index contributed by atoms with van der Waals surface area (Å²) in [6.07, 6.45) is 4.36. The number of nitrogens with zero attached hydrogens (tertiary/aromatic N) is 6. The van der Waals surface area contributed by atoms with E-state index in [9.17, 15) is 13.2 Å². The number of pyridine rings is 1. The lowest BCUT2D eigenvalue weighted by Crippen LogP contribution is -2.48. The molecule has 3 aromatic heterocycles. The largest absolute Gasteiger partial charge is 0.475 e. The van der Waals surface area contributed by atoms with Gasteiger partial charge in [-0.1, -0.05) is 20.3 Å². The molecule has 0 spiro atoms. The fourth-order valence-electron chi connectivity index (χ4n) is 5.19. The van der Waals surface area contributed by atoms with E-state index >= 15 is 0 Å². The Morgan fingerprint density at radius 1 is 1.11 bits per heavy atom. The highest BCUT2D eigenvalue weighted by Crippen LogP contribution is 2.33. The number of hydrogen-bond acceptors (Lipinski definition) is 9. The summed E-state index contributed by atoms with van der Waals surface area (Å²) < 4.78 is 41.4. The molecule has 0 aromatic carbocycles. The number of aryl methyl sites for hydroxylation is 1. The van der Waals surface area contributed by atoms with E-state index in [1.807, 2.05) is 4.68 Å². The molecule has 3 aromatic rings. The van der Waals surface area contributed by atoms with Crippen LogP contribution in [-0.2, 0) is 21.3 Å². The van der Waals surface area contributed by atoms with E-state index in [1.54, 1.807) is 7.11 Å². The van der Waals surface area contributed by atoms with Crippen LogP contribution in [0.15, 0.2) is 22.0 Å². The third-order valence-corrected chi connectivity index (χ3v) is 9.25. The van der Waals surface area contributed by atoms with Crippen molar-refractivity contribution in [1.29, 1.82) is 0 Å². The van der Waals surface area contributed by atoms with E-state index in [4.69, 9.17) is 14.5 Å². The van der Waals surface area contributed by atoms with Gasteiger partial charge in [-0.25, -0.2) is 18.4 Å².